The first-order valence-electron chi connectivity index (χ1n) is 22.7. The highest BCUT2D eigenvalue weighted by Gasteiger charge is 2.65. The smallest absolute Gasteiger partial charge is 0.314 e. The maximum atomic E-state index is 7.34. The van der Waals surface area contributed by atoms with Gasteiger partial charge in [-0.2, -0.15) is 0 Å². The molecule has 66 heavy (non-hydrogen) atoms. The molecule has 6 aromatic rings. The average Bonchev–Trinajstić information content (AvgIpc) is 3.38. The first kappa shape index (κ1) is 46.0. The number of fused-ring (bicyclic) bond motifs is 1. The molecule has 344 valence electrons. The lowest BCUT2D eigenvalue weighted by atomic mass is 9.93. The Bertz CT molecular complexity index is 2290. The summed E-state index contributed by atoms with van der Waals surface area (Å²) in [4.78, 5) is 0. The number of hydrogen-bond donors (Lipinski definition) is 0. The summed E-state index contributed by atoms with van der Waals surface area (Å²) in [5.74, 6) is -1.87. The van der Waals surface area contributed by atoms with Gasteiger partial charge in [0.2, 0.25) is 0 Å². The summed E-state index contributed by atoms with van der Waals surface area (Å²) in [6.07, 6.45) is -6.97. The van der Waals surface area contributed by atoms with Crippen LogP contribution in [0.25, 0.3) is 0 Å². The number of ether oxygens (including phenoxy) is 11. The van der Waals surface area contributed by atoms with Crippen LogP contribution in [0.3, 0.4) is 0 Å². The minimum atomic E-state index is -1.87. The van der Waals surface area contributed by atoms with E-state index >= 15 is 0 Å². The Balaban J connectivity index is 1.10. The summed E-state index contributed by atoms with van der Waals surface area (Å²) < 4.78 is 75.2. The molecule has 3 aliphatic heterocycles. The molecule has 6 aromatic carbocycles. The molecule has 3 saturated heterocycles. The van der Waals surface area contributed by atoms with Gasteiger partial charge >= 0.3 is 5.97 Å². The fraction of sp³-hybridized carbons (Fsp3) is 0.345. The van der Waals surface area contributed by atoms with Crippen molar-refractivity contribution in [3.63, 3.8) is 0 Å². The van der Waals surface area contributed by atoms with Crippen molar-refractivity contribution in [1.29, 1.82) is 0 Å². The standard InChI is InChI=1S/C55H58O11/c1-56-54-52(61-36-44-28-16-6-17-29-44)50(59-34-42-24-12-4-13-25-42)49-46(64-54)39-63-55(66-49)53(62-37-45-30-18-7-19-31-45)51(60-35-43-26-14-5-15-27-43)48(58-33-41-22-10-3-11-23-41)47(65-55)38-57-32-40-20-8-2-9-21-40/h2-31,46-54H,32-39H2,1H3/t46?,47?,48-,49?,50?,51?,52?,53?,54?,55-/m1/s1. The molecule has 3 fully saturated rings. The van der Waals surface area contributed by atoms with Gasteiger partial charge in [0.05, 0.1) is 52.9 Å². The molecule has 1 spiro atoms. The van der Waals surface area contributed by atoms with Crippen molar-refractivity contribution in [3.05, 3.63) is 215 Å². The molecule has 0 saturated carbocycles. The van der Waals surface area contributed by atoms with E-state index in [1.165, 1.54) is 0 Å². The lowest BCUT2D eigenvalue weighted by molar-refractivity contribution is -0.517. The topological polar surface area (TPSA) is 102 Å². The zero-order chi connectivity index (χ0) is 44.8. The van der Waals surface area contributed by atoms with Gasteiger partial charge in [-0.3, -0.25) is 0 Å². The predicted octanol–water partition coefficient (Wildman–Crippen LogP) is 8.97. The van der Waals surface area contributed by atoms with Crippen molar-refractivity contribution in [3.8, 4) is 0 Å². The van der Waals surface area contributed by atoms with E-state index in [9.17, 15) is 0 Å². The average molecular weight is 895 g/mol. The summed E-state index contributed by atoms with van der Waals surface area (Å²) in [6.45, 7) is 1.79. The molecule has 10 atom stereocenters. The van der Waals surface area contributed by atoms with Gasteiger partial charge in [-0.15, -0.1) is 0 Å². The molecule has 3 aliphatic rings. The fourth-order valence-corrected chi connectivity index (χ4v) is 8.68. The molecular weight excluding hydrogens is 837 g/mol. The van der Waals surface area contributed by atoms with Gasteiger partial charge in [-0.05, 0) is 33.4 Å². The van der Waals surface area contributed by atoms with E-state index in [1.807, 2.05) is 182 Å². The minimum absolute atomic E-state index is 0.0465. The number of methoxy groups -OCH3 is 1. The molecule has 0 aromatic heterocycles. The molecule has 0 aliphatic carbocycles. The van der Waals surface area contributed by atoms with Crippen molar-refractivity contribution in [2.75, 3.05) is 20.3 Å². The molecule has 0 N–H and O–H groups in total. The zero-order valence-corrected chi connectivity index (χ0v) is 37.2. The van der Waals surface area contributed by atoms with Crippen LogP contribution in [-0.4, -0.2) is 81.4 Å². The van der Waals surface area contributed by atoms with Crippen molar-refractivity contribution < 1.29 is 52.1 Å². The Kier molecular flexibility index (Phi) is 16.1. The van der Waals surface area contributed by atoms with Crippen LogP contribution >= 0.6 is 0 Å². The molecule has 0 radical (unpaired) electrons. The van der Waals surface area contributed by atoms with E-state index < -0.39 is 61.1 Å². The summed E-state index contributed by atoms with van der Waals surface area (Å²) in [5.41, 5.74) is 5.91. The predicted molar refractivity (Wildman–Crippen MR) is 245 cm³/mol. The monoisotopic (exact) mass is 894 g/mol. The van der Waals surface area contributed by atoms with Crippen LogP contribution in [0.1, 0.15) is 33.4 Å². The third-order valence-corrected chi connectivity index (χ3v) is 12.0. The number of benzene rings is 6. The largest absolute Gasteiger partial charge is 0.374 e. The normalized spacial score (nSPS) is 27.3. The van der Waals surface area contributed by atoms with Gasteiger partial charge in [0.25, 0.3) is 0 Å². The SMILES string of the molecule is COC1OC2CO[C@@]3(OC2C(OCc2ccccc2)C1OCc1ccccc1)OC(COCc1ccccc1)[C@@H](OCc1ccccc1)C(OCc1ccccc1)C3OCc1ccccc1. The molecule has 0 bridgehead atoms. The highest BCUT2D eigenvalue weighted by atomic mass is 16.9. The number of rotatable bonds is 20. The summed E-state index contributed by atoms with van der Waals surface area (Å²) in [5, 5.41) is 0. The molecule has 8 unspecified atom stereocenters. The second kappa shape index (κ2) is 23.1. The van der Waals surface area contributed by atoms with Gasteiger partial charge in [0.15, 0.2) is 12.4 Å². The van der Waals surface area contributed by atoms with Gasteiger partial charge < -0.3 is 52.1 Å². The van der Waals surface area contributed by atoms with E-state index in [-0.39, 0.29) is 46.2 Å². The third kappa shape index (κ3) is 11.7. The first-order chi connectivity index (χ1) is 32.6. The Labute approximate surface area is 387 Å². The lowest BCUT2D eigenvalue weighted by Gasteiger charge is -2.57. The van der Waals surface area contributed by atoms with E-state index in [2.05, 4.69) is 0 Å². The molecule has 3 heterocycles. The first-order valence-corrected chi connectivity index (χ1v) is 22.7. The zero-order valence-electron chi connectivity index (χ0n) is 37.2. The van der Waals surface area contributed by atoms with Crippen LogP contribution in [-0.2, 0) is 91.7 Å². The third-order valence-electron chi connectivity index (χ3n) is 12.0. The Morgan fingerprint density at radius 1 is 0.439 bits per heavy atom. The maximum absolute atomic E-state index is 7.34. The van der Waals surface area contributed by atoms with Crippen LogP contribution in [0.4, 0.5) is 0 Å². The maximum Gasteiger partial charge on any atom is 0.314 e. The highest BCUT2D eigenvalue weighted by Crippen LogP contribution is 2.45. The van der Waals surface area contributed by atoms with Gasteiger partial charge in [-0.25, -0.2) is 0 Å². The molecule has 11 nitrogen and oxygen atoms in total. The second-order valence-corrected chi connectivity index (χ2v) is 16.7. The lowest BCUT2D eigenvalue weighted by Crippen LogP contribution is -2.75. The van der Waals surface area contributed by atoms with Gasteiger partial charge in [0, 0.05) is 7.11 Å². The van der Waals surface area contributed by atoms with Crippen LogP contribution in [0.2, 0.25) is 0 Å². The Morgan fingerprint density at radius 2 is 0.833 bits per heavy atom. The fourth-order valence-electron chi connectivity index (χ4n) is 8.68. The van der Waals surface area contributed by atoms with E-state index in [0.717, 1.165) is 33.4 Å². The van der Waals surface area contributed by atoms with Crippen molar-refractivity contribution in [2.45, 2.75) is 101 Å². The summed E-state index contributed by atoms with van der Waals surface area (Å²) in [6, 6.07) is 60.1. The van der Waals surface area contributed by atoms with Crippen molar-refractivity contribution >= 4 is 0 Å². The van der Waals surface area contributed by atoms with Gasteiger partial charge in [0.1, 0.15) is 42.7 Å². The molecule has 11 heteroatoms. The summed E-state index contributed by atoms with van der Waals surface area (Å²) >= 11 is 0. The summed E-state index contributed by atoms with van der Waals surface area (Å²) in [7, 11) is 1.60. The van der Waals surface area contributed by atoms with Crippen LogP contribution in [0.15, 0.2) is 182 Å². The number of hydrogen-bond acceptors (Lipinski definition) is 11. The second-order valence-electron chi connectivity index (χ2n) is 16.7. The van der Waals surface area contributed by atoms with E-state index in [0.29, 0.717) is 6.61 Å². The van der Waals surface area contributed by atoms with Crippen LogP contribution < -0.4 is 0 Å². The van der Waals surface area contributed by atoms with Gasteiger partial charge in [-0.1, -0.05) is 182 Å². The minimum Gasteiger partial charge on any atom is -0.374 e. The molecule has 9 rings (SSSR count). The molecule has 0 amide bonds. The Morgan fingerprint density at radius 3 is 1.29 bits per heavy atom. The quantitative estimate of drug-likeness (QED) is 0.0735. The van der Waals surface area contributed by atoms with E-state index in [4.69, 9.17) is 52.1 Å². The van der Waals surface area contributed by atoms with Crippen LogP contribution in [0, 0.1) is 0 Å². The van der Waals surface area contributed by atoms with E-state index in [1.54, 1.807) is 7.11 Å². The molecular formula is C55H58O11. The van der Waals surface area contributed by atoms with Crippen molar-refractivity contribution in [2.24, 2.45) is 0 Å². The van der Waals surface area contributed by atoms with Crippen LogP contribution in [0.5, 0.6) is 0 Å². The van der Waals surface area contributed by atoms with Crippen molar-refractivity contribution in [1.82, 2.24) is 0 Å². The Hall–Kier alpha value is -5.12. The highest BCUT2D eigenvalue weighted by molar-refractivity contribution is 5.18.